The van der Waals surface area contributed by atoms with E-state index in [-0.39, 0.29) is 17.8 Å². The predicted molar refractivity (Wildman–Crippen MR) is 111 cm³/mol. The molecule has 2 aromatic rings. The zero-order valence-electron chi connectivity index (χ0n) is 15.8. The van der Waals surface area contributed by atoms with E-state index in [1.807, 2.05) is 20.0 Å². The largest absolute Gasteiger partial charge is 0.330 e. The van der Waals surface area contributed by atoms with Crippen LogP contribution in [-0.4, -0.2) is 23.0 Å². The fraction of sp³-hybridized carbons (Fsp3) is 0.300. The summed E-state index contributed by atoms with van der Waals surface area (Å²) in [7, 11) is 0. The highest BCUT2D eigenvalue weighted by Crippen LogP contribution is 2.16. The Hall–Kier alpha value is -3.11. The van der Waals surface area contributed by atoms with Crippen LogP contribution in [0.15, 0.2) is 53.8 Å². The molecule has 0 fully saturated rings. The van der Waals surface area contributed by atoms with Crippen LogP contribution in [0, 0.1) is 17.4 Å². The third kappa shape index (κ3) is 6.25. The molecule has 1 aromatic carbocycles. The predicted octanol–water partition coefficient (Wildman–Crippen LogP) is 3.77. The van der Waals surface area contributed by atoms with Gasteiger partial charge in [-0.15, -0.1) is 0 Å². The Bertz CT molecular complexity index is 828. The zero-order chi connectivity index (χ0) is 20.4. The molecule has 8 heteroatoms. The number of carbonyl (C=O) groups excluding carboxylic acids is 1. The molecule has 7 nitrogen and oxygen atoms in total. The Morgan fingerprint density at radius 3 is 2.54 bits per heavy atom. The first-order chi connectivity index (χ1) is 13.6. The van der Waals surface area contributed by atoms with E-state index in [1.54, 1.807) is 48.8 Å². The molecule has 0 aliphatic carbocycles. The highest BCUT2D eigenvalue weighted by atomic mass is 35.5. The van der Waals surface area contributed by atoms with Crippen LogP contribution in [0.4, 0.5) is 5.69 Å². The molecule has 0 aliphatic rings. The lowest BCUT2D eigenvalue weighted by molar-refractivity contribution is 0.0922. The fourth-order valence-electron chi connectivity index (χ4n) is 2.67. The third-order valence-corrected chi connectivity index (χ3v) is 4.50. The topological polar surface area (TPSA) is 102 Å². The molecule has 0 spiro atoms. The number of carbonyl (C=O) groups is 1. The molecular formula is C20H23ClN6O. The van der Waals surface area contributed by atoms with E-state index in [4.69, 9.17) is 16.9 Å². The lowest BCUT2D eigenvalue weighted by Crippen LogP contribution is -2.41. The molecule has 3 N–H and O–H groups in total. The van der Waals surface area contributed by atoms with Crippen molar-refractivity contribution in [1.29, 1.82) is 5.26 Å². The maximum Gasteiger partial charge on any atom is 0.252 e. The molecule has 1 unspecified atom stereocenters. The molecule has 0 aliphatic heterocycles. The van der Waals surface area contributed by atoms with Crippen LogP contribution >= 0.6 is 11.6 Å². The van der Waals surface area contributed by atoms with Gasteiger partial charge in [-0.05, 0) is 55.2 Å². The number of halogens is 1. The van der Waals surface area contributed by atoms with Gasteiger partial charge >= 0.3 is 0 Å². The summed E-state index contributed by atoms with van der Waals surface area (Å²) in [6, 6.07) is 10.2. The number of hydrogen-bond donors (Lipinski definition) is 3. The summed E-state index contributed by atoms with van der Waals surface area (Å²) in [5.41, 5.74) is 1.17. The molecule has 0 radical (unpaired) electrons. The first-order valence-electron chi connectivity index (χ1n) is 9.03. The van der Waals surface area contributed by atoms with Gasteiger partial charge in [0.2, 0.25) is 5.96 Å². The normalized spacial score (nSPS) is 12.2. The van der Waals surface area contributed by atoms with E-state index < -0.39 is 6.17 Å². The van der Waals surface area contributed by atoms with E-state index in [1.165, 1.54) is 0 Å². The van der Waals surface area contributed by atoms with Gasteiger partial charge in [0.25, 0.3) is 5.91 Å². The van der Waals surface area contributed by atoms with Crippen LogP contribution in [0.25, 0.3) is 0 Å². The highest BCUT2D eigenvalue weighted by molar-refractivity contribution is 6.30. The van der Waals surface area contributed by atoms with Crippen molar-refractivity contribution in [2.75, 3.05) is 5.32 Å². The smallest absolute Gasteiger partial charge is 0.252 e. The summed E-state index contributed by atoms with van der Waals surface area (Å²) in [5, 5.41) is 18.1. The SMILES string of the molecule is CCC(CC)C(N=C(NC#N)Nc1cccnc1)NC(=O)c1ccc(Cl)cc1. The Kier molecular flexibility index (Phi) is 8.25. The number of rotatable bonds is 7. The number of nitrogens with zero attached hydrogens (tertiary/aromatic N) is 3. The summed E-state index contributed by atoms with van der Waals surface area (Å²) >= 11 is 5.89. The Labute approximate surface area is 169 Å². The first-order valence-corrected chi connectivity index (χ1v) is 9.41. The average molecular weight is 399 g/mol. The molecule has 0 bridgehead atoms. The van der Waals surface area contributed by atoms with Gasteiger partial charge in [-0.2, -0.15) is 5.26 Å². The van der Waals surface area contributed by atoms with E-state index in [0.717, 1.165) is 12.8 Å². The maximum atomic E-state index is 12.7. The van der Waals surface area contributed by atoms with Gasteiger partial charge in [-0.25, -0.2) is 4.99 Å². The van der Waals surface area contributed by atoms with Crippen molar-refractivity contribution in [3.8, 4) is 6.19 Å². The highest BCUT2D eigenvalue weighted by Gasteiger charge is 2.21. The van der Waals surface area contributed by atoms with Crippen LogP contribution in [0.5, 0.6) is 0 Å². The first kappa shape index (κ1) is 21.2. The zero-order valence-corrected chi connectivity index (χ0v) is 16.6. The molecule has 1 amide bonds. The third-order valence-electron chi connectivity index (χ3n) is 4.25. The molecule has 1 heterocycles. The average Bonchev–Trinajstić information content (AvgIpc) is 2.70. The number of amides is 1. The summed E-state index contributed by atoms with van der Waals surface area (Å²) in [6.45, 7) is 4.08. The molecule has 0 saturated heterocycles. The number of nitriles is 1. The number of hydrogen-bond acceptors (Lipinski definition) is 4. The standard InChI is InChI=1S/C20H23ClN6O/c1-3-14(4-2)18(26-19(28)15-7-9-16(21)10-8-15)27-20(24-13-22)25-17-6-5-11-23-12-17/h5-12,14,18H,3-4H2,1-2H3,(H,26,28)(H2,24,25,27). The van der Waals surface area contributed by atoms with E-state index in [0.29, 0.717) is 16.3 Å². The summed E-state index contributed by atoms with van der Waals surface area (Å²) in [4.78, 5) is 21.3. The Morgan fingerprint density at radius 1 is 1.25 bits per heavy atom. The van der Waals surface area contributed by atoms with Gasteiger partial charge in [0.15, 0.2) is 6.19 Å². The number of benzene rings is 1. The van der Waals surface area contributed by atoms with E-state index >= 15 is 0 Å². The van der Waals surface area contributed by atoms with Crippen molar-refractivity contribution >= 4 is 29.2 Å². The second kappa shape index (κ2) is 10.9. The van der Waals surface area contributed by atoms with Gasteiger partial charge in [-0.3, -0.25) is 15.1 Å². The van der Waals surface area contributed by atoms with Gasteiger partial charge in [0.05, 0.1) is 11.9 Å². The van der Waals surface area contributed by atoms with Crippen LogP contribution in [-0.2, 0) is 0 Å². The van der Waals surface area contributed by atoms with Gasteiger partial charge in [-0.1, -0.05) is 25.4 Å². The maximum absolute atomic E-state index is 12.7. The molecule has 146 valence electrons. The minimum absolute atomic E-state index is 0.0995. The number of nitrogens with one attached hydrogen (secondary N) is 3. The summed E-state index contributed by atoms with van der Waals surface area (Å²) in [5.74, 6) is 0.0845. The molecule has 1 aromatic heterocycles. The second-order valence-electron chi connectivity index (χ2n) is 6.08. The lowest BCUT2D eigenvalue weighted by atomic mass is 9.99. The Balaban J connectivity index is 2.26. The Morgan fingerprint density at radius 2 is 1.96 bits per heavy atom. The van der Waals surface area contributed by atoms with Crippen molar-refractivity contribution < 1.29 is 4.79 Å². The number of aromatic nitrogens is 1. The van der Waals surface area contributed by atoms with Gasteiger partial charge < -0.3 is 10.6 Å². The van der Waals surface area contributed by atoms with Crippen LogP contribution in [0.3, 0.4) is 0 Å². The molecule has 1 atom stereocenters. The van der Waals surface area contributed by atoms with Crippen molar-refractivity contribution in [3.05, 3.63) is 59.4 Å². The minimum atomic E-state index is -0.516. The van der Waals surface area contributed by atoms with Gasteiger partial charge in [0, 0.05) is 16.8 Å². The number of pyridine rings is 1. The van der Waals surface area contributed by atoms with Gasteiger partial charge in [0.1, 0.15) is 6.17 Å². The fourth-order valence-corrected chi connectivity index (χ4v) is 2.80. The van der Waals surface area contributed by atoms with Crippen LogP contribution < -0.4 is 16.0 Å². The number of aliphatic imine (C=N–C) groups is 1. The molecule has 28 heavy (non-hydrogen) atoms. The van der Waals surface area contributed by atoms with Crippen LogP contribution in [0.1, 0.15) is 37.0 Å². The van der Waals surface area contributed by atoms with Crippen LogP contribution in [0.2, 0.25) is 5.02 Å². The second-order valence-corrected chi connectivity index (χ2v) is 6.52. The minimum Gasteiger partial charge on any atom is -0.330 e. The lowest BCUT2D eigenvalue weighted by Gasteiger charge is -2.24. The summed E-state index contributed by atoms with van der Waals surface area (Å²) in [6.07, 6.45) is 6.26. The number of guanidine groups is 1. The molecule has 2 rings (SSSR count). The monoisotopic (exact) mass is 398 g/mol. The molecule has 0 saturated carbocycles. The van der Waals surface area contributed by atoms with Crippen molar-refractivity contribution in [1.82, 2.24) is 15.6 Å². The quantitative estimate of drug-likeness (QED) is 0.285. The van der Waals surface area contributed by atoms with Crippen molar-refractivity contribution in [3.63, 3.8) is 0 Å². The van der Waals surface area contributed by atoms with Crippen molar-refractivity contribution in [2.24, 2.45) is 10.9 Å². The molecular weight excluding hydrogens is 376 g/mol. The number of anilines is 1. The van der Waals surface area contributed by atoms with E-state index in [9.17, 15) is 4.79 Å². The van der Waals surface area contributed by atoms with Crippen molar-refractivity contribution in [2.45, 2.75) is 32.9 Å². The van der Waals surface area contributed by atoms with E-state index in [2.05, 4.69) is 25.9 Å². The summed E-state index contributed by atoms with van der Waals surface area (Å²) < 4.78 is 0.